The summed E-state index contributed by atoms with van der Waals surface area (Å²) in [6.07, 6.45) is 2.56. The number of rotatable bonds is 8. The third-order valence-corrected chi connectivity index (χ3v) is 4.60. The maximum atomic E-state index is 6.04. The van der Waals surface area contributed by atoms with Crippen LogP contribution < -0.4 is 14.8 Å². The molecule has 0 aliphatic heterocycles. The Hall–Kier alpha value is -1.42. The molecular formula is C19H21Cl2NO2. The van der Waals surface area contributed by atoms with E-state index in [0.717, 1.165) is 23.6 Å². The normalized spacial score (nSPS) is 13.8. The predicted molar refractivity (Wildman–Crippen MR) is 98.3 cm³/mol. The van der Waals surface area contributed by atoms with Crippen molar-refractivity contribution in [3.05, 3.63) is 57.6 Å². The molecule has 0 radical (unpaired) electrons. The Labute approximate surface area is 152 Å². The third-order valence-electron chi connectivity index (χ3n) is 3.86. The monoisotopic (exact) mass is 365 g/mol. The average molecular weight is 366 g/mol. The van der Waals surface area contributed by atoms with Crippen LogP contribution in [-0.4, -0.2) is 12.6 Å². The van der Waals surface area contributed by atoms with Gasteiger partial charge >= 0.3 is 0 Å². The van der Waals surface area contributed by atoms with E-state index in [4.69, 9.17) is 32.7 Å². The summed E-state index contributed by atoms with van der Waals surface area (Å²) in [5, 5.41) is 4.58. The summed E-state index contributed by atoms with van der Waals surface area (Å²) in [5.41, 5.74) is 2.17. The van der Waals surface area contributed by atoms with Crippen LogP contribution in [0.5, 0.6) is 11.5 Å². The van der Waals surface area contributed by atoms with E-state index in [2.05, 4.69) is 11.4 Å². The fraction of sp³-hybridized carbons (Fsp3) is 0.368. The Morgan fingerprint density at radius 1 is 0.958 bits per heavy atom. The molecular weight excluding hydrogens is 345 g/mol. The number of benzene rings is 2. The molecule has 0 aromatic heterocycles. The fourth-order valence-electron chi connectivity index (χ4n) is 2.39. The van der Waals surface area contributed by atoms with Gasteiger partial charge in [-0.05, 0) is 55.2 Å². The van der Waals surface area contributed by atoms with Gasteiger partial charge in [-0.2, -0.15) is 0 Å². The first-order valence-corrected chi connectivity index (χ1v) is 8.97. The molecule has 1 aliphatic rings. The van der Waals surface area contributed by atoms with Gasteiger partial charge in [0.25, 0.3) is 0 Å². The minimum Gasteiger partial charge on any atom is -0.490 e. The maximum absolute atomic E-state index is 6.04. The van der Waals surface area contributed by atoms with E-state index < -0.39 is 0 Å². The van der Waals surface area contributed by atoms with Crippen molar-refractivity contribution >= 4 is 23.2 Å². The Bertz CT molecular complexity index is 702. The van der Waals surface area contributed by atoms with Crippen molar-refractivity contribution in [1.29, 1.82) is 0 Å². The summed E-state index contributed by atoms with van der Waals surface area (Å²) in [4.78, 5) is 0. The second-order valence-corrected chi connectivity index (χ2v) is 6.72. The smallest absolute Gasteiger partial charge is 0.161 e. The van der Waals surface area contributed by atoms with Gasteiger partial charge in [0.05, 0.1) is 16.7 Å². The van der Waals surface area contributed by atoms with Crippen molar-refractivity contribution in [1.82, 2.24) is 5.32 Å². The molecule has 0 unspecified atom stereocenters. The second-order valence-electron chi connectivity index (χ2n) is 5.91. The van der Waals surface area contributed by atoms with Gasteiger partial charge in [0, 0.05) is 12.6 Å². The summed E-state index contributed by atoms with van der Waals surface area (Å²) >= 11 is 12.0. The quantitative estimate of drug-likeness (QED) is 0.695. The molecule has 5 heteroatoms. The van der Waals surface area contributed by atoms with E-state index in [-0.39, 0.29) is 0 Å². The van der Waals surface area contributed by atoms with Crippen LogP contribution in [0.2, 0.25) is 10.0 Å². The molecule has 0 amide bonds. The molecule has 0 spiro atoms. The zero-order valence-corrected chi connectivity index (χ0v) is 15.2. The first-order chi connectivity index (χ1) is 11.7. The van der Waals surface area contributed by atoms with Crippen LogP contribution in [0.1, 0.15) is 30.9 Å². The summed E-state index contributed by atoms with van der Waals surface area (Å²) in [6, 6.07) is 12.3. The zero-order valence-electron chi connectivity index (χ0n) is 13.6. The Kier molecular flexibility index (Phi) is 5.88. The van der Waals surface area contributed by atoms with Crippen molar-refractivity contribution in [2.45, 2.75) is 39.0 Å². The third kappa shape index (κ3) is 4.79. The number of nitrogens with one attached hydrogen (secondary N) is 1. The average Bonchev–Trinajstić information content (AvgIpc) is 3.40. The zero-order chi connectivity index (χ0) is 16.9. The molecule has 3 nitrogen and oxygen atoms in total. The predicted octanol–water partition coefficient (Wildman–Crippen LogP) is 5.22. The number of hydrogen-bond donors (Lipinski definition) is 1. The minimum absolute atomic E-state index is 0.413. The summed E-state index contributed by atoms with van der Waals surface area (Å²) < 4.78 is 11.6. The maximum Gasteiger partial charge on any atom is 0.161 e. The second kappa shape index (κ2) is 8.11. The van der Waals surface area contributed by atoms with Gasteiger partial charge in [-0.15, -0.1) is 0 Å². The van der Waals surface area contributed by atoms with Crippen molar-refractivity contribution in [3.8, 4) is 11.5 Å². The Morgan fingerprint density at radius 3 is 2.46 bits per heavy atom. The van der Waals surface area contributed by atoms with Crippen LogP contribution in [0, 0.1) is 0 Å². The standard InChI is InChI=1S/C19H21Cl2NO2/c1-2-23-19-10-13(11-22-15-5-6-15)4-8-18(19)24-12-14-3-7-16(20)17(21)9-14/h3-4,7-10,15,22H,2,5-6,11-12H2,1H3. The molecule has 0 saturated heterocycles. The highest BCUT2D eigenvalue weighted by atomic mass is 35.5. The van der Waals surface area contributed by atoms with E-state index in [9.17, 15) is 0 Å². The van der Waals surface area contributed by atoms with Gasteiger partial charge in [0.2, 0.25) is 0 Å². The molecule has 1 fully saturated rings. The van der Waals surface area contributed by atoms with Crippen LogP contribution in [-0.2, 0) is 13.2 Å². The van der Waals surface area contributed by atoms with Crippen molar-refractivity contribution in [2.24, 2.45) is 0 Å². The SMILES string of the molecule is CCOc1cc(CNC2CC2)ccc1OCc1ccc(Cl)c(Cl)c1. The lowest BCUT2D eigenvalue weighted by Crippen LogP contribution is -2.15. The Morgan fingerprint density at radius 2 is 1.75 bits per heavy atom. The van der Waals surface area contributed by atoms with Gasteiger partial charge < -0.3 is 14.8 Å². The first-order valence-electron chi connectivity index (χ1n) is 8.21. The van der Waals surface area contributed by atoms with Crippen LogP contribution in [0.4, 0.5) is 0 Å². The van der Waals surface area contributed by atoms with Gasteiger partial charge in [-0.3, -0.25) is 0 Å². The van der Waals surface area contributed by atoms with Gasteiger partial charge in [-0.25, -0.2) is 0 Å². The molecule has 0 atom stereocenters. The van der Waals surface area contributed by atoms with E-state index >= 15 is 0 Å². The molecule has 3 rings (SSSR count). The van der Waals surface area contributed by atoms with Crippen molar-refractivity contribution in [2.75, 3.05) is 6.61 Å². The van der Waals surface area contributed by atoms with Gasteiger partial charge in [0.15, 0.2) is 11.5 Å². The molecule has 1 aliphatic carbocycles. The molecule has 2 aromatic carbocycles. The lowest BCUT2D eigenvalue weighted by Gasteiger charge is -2.14. The largest absolute Gasteiger partial charge is 0.490 e. The van der Waals surface area contributed by atoms with Gasteiger partial charge in [0.1, 0.15) is 6.61 Å². The lowest BCUT2D eigenvalue weighted by molar-refractivity contribution is 0.269. The van der Waals surface area contributed by atoms with Crippen LogP contribution in [0.3, 0.4) is 0 Å². The van der Waals surface area contributed by atoms with E-state index in [1.165, 1.54) is 18.4 Å². The number of hydrogen-bond acceptors (Lipinski definition) is 3. The molecule has 2 aromatic rings. The lowest BCUT2D eigenvalue weighted by atomic mass is 10.2. The molecule has 1 saturated carbocycles. The Balaban J connectivity index is 1.67. The highest BCUT2D eigenvalue weighted by Gasteiger charge is 2.20. The molecule has 0 heterocycles. The van der Waals surface area contributed by atoms with Crippen LogP contribution in [0.15, 0.2) is 36.4 Å². The van der Waals surface area contributed by atoms with Crippen molar-refractivity contribution in [3.63, 3.8) is 0 Å². The fourth-order valence-corrected chi connectivity index (χ4v) is 2.71. The topological polar surface area (TPSA) is 30.5 Å². The number of halogens is 2. The molecule has 24 heavy (non-hydrogen) atoms. The van der Waals surface area contributed by atoms with Crippen LogP contribution >= 0.6 is 23.2 Å². The highest BCUT2D eigenvalue weighted by molar-refractivity contribution is 6.42. The number of ether oxygens (including phenoxy) is 2. The van der Waals surface area contributed by atoms with Crippen LogP contribution in [0.25, 0.3) is 0 Å². The molecule has 128 valence electrons. The van der Waals surface area contributed by atoms with E-state index in [1.54, 1.807) is 6.07 Å². The minimum atomic E-state index is 0.413. The summed E-state index contributed by atoms with van der Waals surface area (Å²) in [7, 11) is 0. The highest BCUT2D eigenvalue weighted by Crippen LogP contribution is 2.30. The summed E-state index contributed by atoms with van der Waals surface area (Å²) in [5.74, 6) is 1.51. The van der Waals surface area contributed by atoms with E-state index in [1.807, 2.05) is 31.2 Å². The summed E-state index contributed by atoms with van der Waals surface area (Å²) in [6.45, 7) is 3.84. The van der Waals surface area contributed by atoms with Gasteiger partial charge in [-0.1, -0.05) is 35.3 Å². The molecule has 1 N–H and O–H groups in total. The van der Waals surface area contributed by atoms with E-state index in [0.29, 0.717) is 29.3 Å². The van der Waals surface area contributed by atoms with Crippen molar-refractivity contribution < 1.29 is 9.47 Å². The molecule has 0 bridgehead atoms. The first kappa shape index (κ1) is 17.4.